The van der Waals surface area contributed by atoms with Crippen molar-refractivity contribution < 1.29 is 9.18 Å². The number of fused-ring (bicyclic) bond motifs is 1. The lowest BCUT2D eigenvalue weighted by molar-refractivity contribution is 0.253. The van der Waals surface area contributed by atoms with Gasteiger partial charge in [-0.2, -0.15) is 0 Å². The van der Waals surface area contributed by atoms with E-state index in [0.29, 0.717) is 5.69 Å². The molecule has 2 aromatic carbocycles. The molecule has 2 aromatic rings. The molecule has 0 aliphatic carbocycles. The average Bonchev–Trinajstić information content (AvgIpc) is 2.56. The Morgan fingerprint density at radius 1 is 1.16 bits per heavy atom. The molecule has 0 bridgehead atoms. The minimum atomic E-state index is -0.463. The molecule has 0 unspecified atom stereocenters. The molecular weight excluding hydrogens is 315 g/mol. The van der Waals surface area contributed by atoms with E-state index >= 15 is 0 Å². The highest BCUT2D eigenvalue weighted by Crippen LogP contribution is 2.39. The van der Waals surface area contributed by atoms with Crippen LogP contribution in [0.5, 0.6) is 0 Å². The van der Waals surface area contributed by atoms with Crippen molar-refractivity contribution in [1.29, 1.82) is 0 Å². The number of hydrogen-bond acceptors (Lipinski definition) is 1. The standard InChI is InChI=1S/C21H23FN2O/c1-5-15-6-11-19-18(12-15)14(2)13-21(3,4)24(19)20(25)23-17-9-7-16(22)8-10-17/h6-13H,5H2,1-4H3,(H,23,25). The first-order valence-corrected chi connectivity index (χ1v) is 8.51. The Balaban J connectivity index is 1.99. The predicted octanol–water partition coefficient (Wildman–Crippen LogP) is 5.62. The quantitative estimate of drug-likeness (QED) is 0.757. The molecule has 1 heterocycles. The predicted molar refractivity (Wildman–Crippen MR) is 101 cm³/mol. The van der Waals surface area contributed by atoms with Crippen LogP contribution < -0.4 is 10.2 Å². The lowest BCUT2D eigenvalue weighted by Gasteiger charge is -2.41. The first kappa shape index (κ1) is 17.2. The molecule has 1 N–H and O–H groups in total. The number of nitrogens with zero attached hydrogens (tertiary/aromatic N) is 1. The fourth-order valence-electron chi connectivity index (χ4n) is 3.38. The van der Waals surface area contributed by atoms with Crippen LogP contribution in [0.15, 0.2) is 48.5 Å². The zero-order valence-corrected chi connectivity index (χ0v) is 15.1. The number of hydrogen-bond donors (Lipinski definition) is 1. The summed E-state index contributed by atoms with van der Waals surface area (Å²) in [6, 6.07) is 11.8. The normalized spacial score (nSPS) is 15.4. The molecule has 0 aromatic heterocycles. The smallest absolute Gasteiger partial charge is 0.308 e. The van der Waals surface area contributed by atoms with E-state index in [4.69, 9.17) is 0 Å². The molecule has 0 spiro atoms. The number of carbonyl (C=O) groups excluding carboxylic acids is 1. The summed E-state index contributed by atoms with van der Waals surface area (Å²) in [5.41, 5.74) is 4.48. The van der Waals surface area contributed by atoms with E-state index in [2.05, 4.69) is 37.4 Å². The van der Waals surface area contributed by atoms with Crippen LogP contribution in [-0.2, 0) is 6.42 Å². The molecule has 3 rings (SSSR count). The van der Waals surface area contributed by atoms with Crippen molar-refractivity contribution in [1.82, 2.24) is 0 Å². The molecule has 1 aliphatic heterocycles. The summed E-state index contributed by atoms with van der Waals surface area (Å²) in [6.45, 7) is 8.22. The van der Waals surface area contributed by atoms with E-state index in [9.17, 15) is 9.18 Å². The third kappa shape index (κ3) is 3.29. The second kappa shape index (κ2) is 6.36. The molecule has 0 radical (unpaired) electrons. The van der Waals surface area contributed by atoms with Crippen LogP contribution in [-0.4, -0.2) is 11.6 Å². The number of rotatable bonds is 2. The van der Waals surface area contributed by atoms with Crippen molar-refractivity contribution in [2.45, 2.75) is 39.7 Å². The summed E-state index contributed by atoms with van der Waals surface area (Å²) in [6.07, 6.45) is 3.06. The summed E-state index contributed by atoms with van der Waals surface area (Å²) < 4.78 is 13.1. The van der Waals surface area contributed by atoms with Crippen molar-refractivity contribution in [3.63, 3.8) is 0 Å². The first-order chi connectivity index (χ1) is 11.8. The van der Waals surface area contributed by atoms with Crippen LogP contribution in [0.3, 0.4) is 0 Å². The van der Waals surface area contributed by atoms with Gasteiger partial charge in [-0.1, -0.05) is 19.1 Å². The SMILES string of the molecule is CCc1ccc2c(c1)C(C)=CC(C)(C)N2C(=O)Nc1ccc(F)cc1. The first-order valence-electron chi connectivity index (χ1n) is 8.51. The zero-order chi connectivity index (χ0) is 18.2. The van der Waals surface area contributed by atoms with E-state index < -0.39 is 5.54 Å². The van der Waals surface area contributed by atoms with Gasteiger partial charge in [-0.05, 0) is 74.7 Å². The van der Waals surface area contributed by atoms with Crippen LogP contribution in [0.2, 0.25) is 0 Å². The number of amides is 2. The Bertz CT molecular complexity index is 837. The fraction of sp³-hybridized carbons (Fsp3) is 0.286. The molecular formula is C21H23FN2O. The molecule has 4 heteroatoms. The van der Waals surface area contributed by atoms with Crippen molar-refractivity contribution in [3.05, 3.63) is 65.5 Å². The number of allylic oxidation sites excluding steroid dienone is 1. The second-order valence-corrected chi connectivity index (χ2v) is 6.96. The van der Waals surface area contributed by atoms with Gasteiger partial charge in [0.2, 0.25) is 0 Å². The minimum absolute atomic E-state index is 0.231. The molecule has 0 saturated carbocycles. The van der Waals surface area contributed by atoms with Crippen molar-refractivity contribution >= 4 is 23.0 Å². The molecule has 0 fully saturated rings. The van der Waals surface area contributed by atoms with E-state index in [1.165, 1.54) is 23.3 Å². The Hall–Kier alpha value is -2.62. The summed E-state index contributed by atoms with van der Waals surface area (Å²) >= 11 is 0. The topological polar surface area (TPSA) is 32.3 Å². The lowest BCUT2D eigenvalue weighted by atomic mass is 9.88. The van der Waals surface area contributed by atoms with Crippen LogP contribution >= 0.6 is 0 Å². The van der Waals surface area contributed by atoms with Gasteiger partial charge >= 0.3 is 6.03 Å². The summed E-state index contributed by atoms with van der Waals surface area (Å²) in [7, 11) is 0. The molecule has 0 atom stereocenters. The van der Waals surface area contributed by atoms with Crippen molar-refractivity contribution in [3.8, 4) is 0 Å². The van der Waals surface area contributed by atoms with Gasteiger partial charge in [0.05, 0.1) is 11.2 Å². The highest BCUT2D eigenvalue weighted by Gasteiger charge is 2.35. The Kier molecular flexibility index (Phi) is 4.38. The second-order valence-electron chi connectivity index (χ2n) is 6.96. The Morgan fingerprint density at radius 3 is 2.48 bits per heavy atom. The highest BCUT2D eigenvalue weighted by molar-refractivity contribution is 6.06. The van der Waals surface area contributed by atoms with Crippen LogP contribution in [0.25, 0.3) is 5.57 Å². The molecule has 2 amide bonds. The number of aryl methyl sites for hydroxylation is 1. The minimum Gasteiger partial charge on any atom is -0.308 e. The Morgan fingerprint density at radius 2 is 1.84 bits per heavy atom. The van der Waals surface area contributed by atoms with Crippen LogP contribution in [0.1, 0.15) is 38.8 Å². The number of anilines is 2. The summed E-state index contributed by atoms with van der Waals surface area (Å²) in [5, 5.41) is 2.87. The van der Waals surface area contributed by atoms with Gasteiger partial charge in [-0.25, -0.2) is 9.18 Å². The third-order valence-corrected chi connectivity index (χ3v) is 4.58. The monoisotopic (exact) mass is 338 g/mol. The van der Waals surface area contributed by atoms with Gasteiger partial charge < -0.3 is 5.32 Å². The van der Waals surface area contributed by atoms with Gasteiger partial charge in [-0.15, -0.1) is 0 Å². The van der Waals surface area contributed by atoms with Gasteiger partial charge in [0.1, 0.15) is 5.82 Å². The average molecular weight is 338 g/mol. The molecule has 130 valence electrons. The lowest BCUT2D eigenvalue weighted by Crippen LogP contribution is -2.50. The van der Waals surface area contributed by atoms with E-state index in [1.807, 2.05) is 19.9 Å². The van der Waals surface area contributed by atoms with Crippen LogP contribution in [0.4, 0.5) is 20.6 Å². The number of benzene rings is 2. The zero-order valence-electron chi connectivity index (χ0n) is 15.1. The highest BCUT2D eigenvalue weighted by atomic mass is 19.1. The van der Waals surface area contributed by atoms with Crippen molar-refractivity contribution in [2.75, 3.05) is 10.2 Å². The van der Waals surface area contributed by atoms with Gasteiger partial charge in [0, 0.05) is 11.3 Å². The van der Waals surface area contributed by atoms with Crippen LogP contribution in [0, 0.1) is 5.82 Å². The largest absolute Gasteiger partial charge is 0.327 e. The van der Waals surface area contributed by atoms with Crippen molar-refractivity contribution in [2.24, 2.45) is 0 Å². The van der Waals surface area contributed by atoms with Gasteiger partial charge in [0.25, 0.3) is 0 Å². The van der Waals surface area contributed by atoms with E-state index in [1.54, 1.807) is 17.0 Å². The summed E-state index contributed by atoms with van der Waals surface area (Å²) in [4.78, 5) is 14.7. The maximum atomic E-state index is 13.1. The van der Waals surface area contributed by atoms with E-state index in [-0.39, 0.29) is 11.8 Å². The third-order valence-electron chi connectivity index (χ3n) is 4.58. The number of nitrogens with one attached hydrogen (secondary N) is 1. The summed E-state index contributed by atoms with van der Waals surface area (Å²) in [5.74, 6) is -0.327. The van der Waals surface area contributed by atoms with Gasteiger partial charge in [0.15, 0.2) is 0 Å². The number of carbonyl (C=O) groups is 1. The Labute approximate surface area is 148 Å². The fourth-order valence-corrected chi connectivity index (χ4v) is 3.38. The molecule has 25 heavy (non-hydrogen) atoms. The maximum absolute atomic E-state index is 13.1. The number of urea groups is 1. The molecule has 0 saturated heterocycles. The maximum Gasteiger partial charge on any atom is 0.327 e. The van der Waals surface area contributed by atoms with E-state index in [0.717, 1.165) is 17.7 Å². The number of halogens is 1. The molecule has 3 nitrogen and oxygen atoms in total. The molecule has 1 aliphatic rings. The van der Waals surface area contributed by atoms with Gasteiger partial charge in [-0.3, -0.25) is 4.90 Å².